The van der Waals surface area contributed by atoms with Crippen molar-refractivity contribution in [3.8, 4) is 0 Å². The number of anilines is 1. The summed E-state index contributed by atoms with van der Waals surface area (Å²) in [5, 5.41) is 3.01. The quantitative estimate of drug-likeness (QED) is 0.889. The van der Waals surface area contributed by atoms with Gasteiger partial charge in [0.1, 0.15) is 0 Å². The first-order valence-corrected chi connectivity index (χ1v) is 7.04. The summed E-state index contributed by atoms with van der Waals surface area (Å²) >= 11 is 0. The summed E-state index contributed by atoms with van der Waals surface area (Å²) in [4.78, 5) is 12.1. The summed E-state index contributed by atoms with van der Waals surface area (Å²) in [7, 11) is 0. The molecule has 2 aromatic rings. The Hall–Kier alpha value is -2.09. The van der Waals surface area contributed by atoms with Gasteiger partial charge in [0.05, 0.1) is 6.42 Å². The Morgan fingerprint density at radius 1 is 1.05 bits per heavy atom. The van der Waals surface area contributed by atoms with Crippen LogP contribution in [0.2, 0.25) is 0 Å². The zero-order valence-electron chi connectivity index (χ0n) is 12.4. The van der Waals surface area contributed by atoms with Crippen LogP contribution in [0.5, 0.6) is 0 Å². The Labute approximate surface area is 120 Å². The van der Waals surface area contributed by atoms with Crippen LogP contribution in [-0.2, 0) is 17.6 Å². The van der Waals surface area contributed by atoms with E-state index < -0.39 is 0 Å². The minimum atomic E-state index is 0.0363. The Bertz CT molecular complexity index is 617. The van der Waals surface area contributed by atoms with Gasteiger partial charge in [-0.15, -0.1) is 0 Å². The predicted octanol–water partition coefficient (Wildman–Crippen LogP) is 4.05. The predicted molar refractivity (Wildman–Crippen MR) is 84.1 cm³/mol. The maximum absolute atomic E-state index is 12.1. The molecular weight excluding hydrogens is 246 g/mol. The molecule has 0 saturated heterocycles. The number of rotatable bonds is 4. The van der Waals surface area contributed by atoms with Gasteiger partial charge < -0.3 is 5.32 Å². The number of aryl methyl sites for hydroxylation is 3. The second-order valence-corrected chi connectivity index (χ2v) is 5.15. The third kappa shape index (κ3) is 3.47. The molecule has 0 aliphatic rings. The van der Waals surface area contributed by atoms with Gasteiger partial charge in [0.25, 0.3) is 0 Å². The average Bonchev–Trinajstić information content (AvgIpc) is 2.43. The Morgan fingerprint density at radius 2 is 1.80 bits per heavy atom. The molecule has 0 radical (unpaired) electrons. The molecule has 0 heterocycles. The molecule has 0 atom stereocenters. The van der Waals surface area contributed by atoms with Crippen molar-refractivity contribution >= 4 is 11.6 Å². The van der Waals surface area contributed by atoms with Crippen molar-refractivity contribution in [3.63, 3.8) is 0 Å². The van der Waals surface area contributed by atoms with E-state index in [2.05, 4.69) is 38.2 Å². The van der Waals surface area contributed by atoms with Gasteiger partial charge >= 0.3 is 0 Å². The van der Waals surface area contributed by atoms with Crippen LogP contribution in [0.25, 0.3) is 0 Å². The molecule has 104 valence electrons. The summed E-state index contributed by atoms with van der Waals surface area (Å²) in [6.07, 6.45) is 1.33. The average molecular weight is 267 g/mol. The molecule has 0 fully saturated rings. The van der Waals surface area contributed by atoms with Gasteiger partial charge in [0.2, 0.25) is 5.91 Å². The molecule has 0 saturated carbocycles. The number of hydrogen-bond acceptors (Lipinski definition) is 1. The SMILES string of the molecule is CCc1ccccc1NC(=O)Cc1ccc(C)c(C)c1. The highest BCUT2D eigenvalue weighted by Crippen LogP contribution is 2.16. The lowest BCUT2D eigenvalue weighted by molar-refractivity contribution is -0.115. The molecule has 0 aromatic heterocycles. The van der Waals surface area contributed by atoms with E-state index in [0.29, 0.717) is 6.42 Å². The summed E-state index contributed by atoms with van der Waals surface area (Å²) in [5.74, 6) is 0.0363. The number of benzene rings is 2. The van der Waals surface area contributed by atoms with Gasteiger partial charge in [-0.2, -0.15) is 0 Å². The van der Waals surface area contributed by atoms with Crippen LogP contribution in [0, 0.1) is 13.8 Å². The van der Waals surface area contributed by atoms with Crippen LogP contribution in [0.1, 0.15) is 29.2 Å². The lowest BCUT2D eigenvalue weighted by Gasteiger charge is -2.10. The third-order valence-corrected chi connectivity index (χ3v) is 3.61. The highest BCUT2D eigenvalue weighted by molar-refractivity contribution is 5.93. The lowest BCUT2D eigenvalue weighted by atomic mass is 10.0. The van der Waals surface area contributed by atoms with E-state index in [-0.39, 0.29) is 5.91 Å². The number of amides is 1. The molecule has 0 aliphatic heterocycles. The fourth-order valence-corrected chi connectivity index (χ4v) is 2.24. The minimum absolute atomic E-state index is 0.0363. The Balaban J connectivity index is 2.07. The van der Waals surface area contributed by atoms with Crippen molar-refractivity contribution in [1.29, 1.82) is 0 Å². The van der Waals surface area contributed by atoms with Crippen LogP contribution >= 0.6 is 0 Å². The van der Waals surface area contributed by atoms with E-state index in [1.807, 2.05) is 30.3 Å². The second kappa shape index (κ2) is 6.38. The monoisotopic (exact) mass is 267 g/mol. The molecule has 20 heavy (non-hydrogen) atoms. The van der Waals surface area contributed by atoms with Crippen molar-refractivity contribution in [1.82, 2.24) is 0 Å². The van der Waals surface area contributed by atoms with E-state index >= 15 is 0 Å². The maximum atomic E-state index is 12.1. The smallest absolute Gasteiger partial charge is 0.228 e. The van der Waals surface area contributed by atoms with Gasteiger partial charge in [-0.05, 0) is 48.6 Å². The van der Waals surface area contributed by atoms with Gasteiger partial charge in [-0.3, -0.25) is 4.79 Å². The molecular formula is C18H21NO. The molecule has 0 bridgehead atoms. The summed E-state index contributed by atoms with van der Waals surface area (Å²) in [6.45, 7) is 6.24. The van der Waals surface area contributed by atoms with Gasteiger partial charge in [0, 0.05) is 5.69 Å². The van der Waals surface area contributed by atoms with Crippen LogP contribution in [-0.4, -0.2) is 5.91 Å². The zero-order valence-corrected chi connectivity index (χ0v) is 12.4. The number of carbonyl (C=O) groups excluding carboxylic acids is 1. The molecule has 0 unspecified atom stereocenters. The molecule has 2 nitrogen and oxygen atoms in total. The normalized spacial score (nSPS) is 10.3. The molecule has 1 amide bonds. The number of nitrogens with one attached hydrogen (secondary N) is 1. The van der Waals surface area contributed by atoms with Crippen LogP contribution < -0.4 is 5.32 Å². The minimum Gasteiger partial charge on any atom is -0.326 e. The van der Waals surface area contributed by atoms with Gasteiger partial charge in [-0.25, -0.2) is 0 Å². The van der Waals surface area contributed by atoms with Gasteiger partial charge in [-0.1, -0.05) is 43.3 Å². The standard InChI is InChI=1S/C18H21NO/c1-4-16-7-5-6-8-17(16)19-18(20)12-15-10-9-13(2)14(3)11-15/h5-11H,4,12H2,1-3H3,(H,19,20). The van der Waals surface area contributed by atoms with Gasteiger partial charge in [0.15, 0.2) is 0 Å². The van der Waals surface area contributed by atoms with E-state index in [0.717, 1.165) is 17.7 Å². The van der Waals surface area contributed by atoms with E-state index in [1.165, 1.54) is 16.7 Å². The molecule has 2 aromatic carbocycles. The van der Waals surface area contributed by atoms with E-state index in [9.17, 15) is 4.79 Å². The van der Waals surface area contributed by atoms with Crippen molar-refractivity contribution in [2.45, 2.75) is 33.6 Å². The number of hydrogen-bond donors (Lipinski definition) is 1. The molecule has 1 N–H and O–H groups in total. The highest BCUT2D eigenvalue weighted by atomic mass is 16.1. The highest BCUT2D eigenvalue weighted by Gasteiger charge is 2.07. The van der Waals surface area contributed by atoms with Crippen molar-refractivity contribution in [2.24, 2.45) is 0 Å². The first-order chi connectivity index (χ1) is 9.60. The van der Waals surface area contributed by atoms with Crippen LogP contribution in [0.15, 0.2) is 42.5 Å². The first kappa shape index (κ1) is 14.3. The molecule has 0 spiro atoms. The molecule has 2 heteroatoms. The molecule has 2 rings (SSSR count). The Morgan fingerprint density at radius 3 is 2.50 bits per heavy atom. The molecule has 0 aliphatic carbocycles. The lowest BCUT2D eigenvalue weighted by Crippen LogP contribution is -2.15. The topological polar surface area (TPSA) is 29.1 Å². The van der Waals surface area contributed by atoms with E-state index in [1.54, 1.807) is 0 Å². The first-order valence-electron chi connectivity index (χ1n) is 7.04. The summed E-state index contributed by atoms with van der Waals surface area (Å²) in [5.41, 5.74) is 5.62. The zero-order chi connectivity index (χ0) is 14.5. The van der Waals surface area contributed by atoms with Crippen molar-refractivity contribution in [2.75, 3.05) is 5.32 Å². The fraction of sp³-hybridized carbons (Fsp3) is 0.278. The summed E-state index contributed by atoms with van der Waals surface area (Å²) in [6, 6.07) is 14.1. The number of carbonyl (C=O) groups is 1. The van der Waals surface area contributed by atoms with E-state index in [4.69, 9.17) is 0 Å². The third-order valence-electron chi connectivity index (χ3n) is 3.61. The number of para-hydroxylation sites is 1. The largest absolute Gasteiger partial charge is 0.326 e. The maximum Gasteiger partial charge on any atom is 0.228 e. The Kier molecular flexibility index (Phi) is 4.57. The van der Waals surface area contributed by atoms with Crippen LogP contribution in [0.4, 0.5) is 5.69 Å². The van der Waals surface area contributed by atoms with Crippen molar-refractivity contribution < 1.29 is 4.79 Å². The van der Waals surface area contributed by atoms with Crippen LogP contribution in [0.3, 0.4) is 0 Å². The second-order valence-electron chi connectivity index (χ2n) is 5.15. The summed E-state index contributed by atoms with van der Waals surface area (Å²) < 4.78 is 0. The van der Waals surface area contributed by atoms with Crippen molar-refractivity contribution in [3.05, 3.63) is 64.7 Å². The fourth-order valence-electron chi connectivity index (χ4n) is 2.24.